The van der Waals surface area contributed by atoms with Crippen molar-refractivity contribution in [1.82, 2.24) is 14.5 Å². The number of amides is 1. The Labute approximate surface area is 143 Å². The Kier molecular flexibility index (Phi) is 4.76. The molecule has 2 aromatic carbocycles. The molecule has 0 aliphatic rings. The Hall–Kier alpha value is -2.14. The topological polar surface area (TPSA) is 38.1 Å². The Morgan fingerprint density at radius 2 is 1.91 bits per heavy atom. The van der Waals surface area contributed by atoms with Gasteiger partial charge in [0, 0.05) is 31.0 Å². The van der Waals surface area contributed by atoms with Gasteiger partial charge in [0.05, 0.1) is 17.4 Å². The molecule has 0 aliphatic heterocycles. The third-order valence-electron chi connectivity index (χ3n) is 3.85. The summed E-state index contributed by atoms with van der Waals surface area (Å²) in [5.41, 5.74) is 3.15. The molecule has 3 rings (SSSR count). The van der Waals surface area contributed by atoms with Crippen molar-refractivity contribution in [2.24, 2.45) is 0 Å². The zero-order chi connectivity index (χ0) is 16.2. The van der Waals surface area contributed by atoms with Gasteiger partial charge in [-0.25, -0.2) is 4.98 Å². The smallest absolute Gasteiger partial charge is 0.224 e. The molecule has 0 N–H and O–H groups in total. The number of hydrogen-bond acceptors (Lipinski definition) is 2. The molecule has 0 unspecified atom stereocenters. The van der Waals surface area contributed by atoms with E-state index in [-0.39, 0.29) is 5.91 Å². The van der Waals surface area contributed by atoms with E-state index in [1.807, 2.05) is 60.1 Å². The van der Waals surface area contributed by atoms with Gasteiger partial charge in [0.1, 0.15) is 0 Å². The fourth-order valence-electron chi connectivity index (χ4n) is 2.55. The molecule has 23 heavy (non-hydrogen) atoms. The summed E-state index contributed by atoms with van der Waals surface area (Å²) in [5.74, 6) is 0.130. The maximum atomic E-state index is 12.3. The number of rotatable bonds is 5. The molecule has 0 spiro atoms. The van der Waals surface area contributed by atoms with Crippen molar-refractivity contribution in [3.8, 4) is 0 Å². The van der Waals surface area contributed by atoms with E-state index in [9.17, 15) is 4.79 Å². The minimum Gasteiger partial charge on any atom is -0.341 e. The van der Waals surface area contributed by atoms with E-state index in [0.717, 1.165) is 21.1 Å². The summed E-state index contributed by atoms with van der Waals surface area (Å²) < 4.78 is 3.07. The molecule has 0 radical (unpaired) electrons. The third kappa shape index (κ3) is 3.79. The molecular formula is C18H18BrN3O. The lowest BCUT2D eigenvalue weighted by atomic mass is 10.2. The van der Waals surface area contributed by atoms with Crippen molar-refractivity contribution in [1.29, 1.82) is 0 Å². The van der Waals surface area contributed by atoms with Crippen LogP contribution in [0.2, 0.25) is 0 Å². The average molecular weight is 372 g/mol. The van der Waals surface area contributed by atoms with E-state index in [0.29, 0.717) is 19.5 Å². The molecule has 1 aromatic heterocycles. The summed E-state index contributed by atoms with van der Waals surface area (Å²) in [6, 6.07) is 16.0. The highest BCUT2D eigenvalue weighted by Crippen LogP contribution is 2.14. The van der Waals surface area contributed by atoms with Crippen LogP contribution in [0.25, 0.3) is 11.0 Å². The van der Waals surface area contributed by atoms with Gasteiger partial charge in [0.25, 0.3) is 0 Å². The Morgan fingerprint density at radius 3 is 2.70 bits per heavy atom. The Morgan fingerprint density at radius 1 is 1.17 bits per heavy atom. The second-order valence-corrected chi connectivity index (χ2v) is 6.47. The minimum atomic E-state index is 0.130. The Balaban J connectivity index is 1.59. The van der Waals surface area contributed by atoms with Gasteiger partial charge in [-0.1, -0.05) is 40.2 Å². The van der Waals surface area contributed by atoms with Crippen LogP contribution in [0.1, 0.15) is 12.0 Å². The summed E-state index contributed by atoms with van der Waals surface area (Å²) in [4.78, 5) is 18.4. The van der Waals surface area contributed by atoms with E-state index >= 15 is 0 Å². The van der Waals surface area contributed by atoms with E-state index in [4.69, 9.17) is 0 Å². The lowest BCUT2D eigenvalue weighted by Crippen LogP contribution is -2.27. The number of fused-ring (bicyclic) bond motifs is 1. The lowest BCUT2D eigenvalue weighted by molar-refractivity contribution is -0.130. The number of aryl methyl sites for hydroxylation is 1. The number of benzene rings is 2. The quantitative estimate of drug-likeness (QED) is 0.683. The molecule has 4 nitrogen and oxygen atoms in total. The van der Waals surface area contributed by atoms with E-state index in [1.54, 1.807) is 11.2 Å². The first kappa shape index (κ1) is 15.7. The van der Waals surface area contributed by atoms with Gasteiger partial charge < -0.3 is 9.47 Å². The second-order valence-electron chi connectivity index (χ2n) is 5.55. The van der Waals surface area contributed by atoms with E-state index in [1.165, 1.54) is 0 Å². The van der Waals surface area contributed by atoms with Crippen LogP contribution in [-0.4, -0.2) is 27.4 Å². The van der Waals surface area contributed by atoms with Gasteiger partial charge in [-0.15, -0.1) is 0 Å². The van der Waals surface area contributed by atoms with Crippen molar-refractivity contribution in [2.75, 3.05) is 7.05 Å². The molecule has 1 amide bonds. The lowest BCUT2D eigenvalue weighted by Gasteiger charge is -2.17. The van der Waals surface area contributed by atoms with E-state index in [2.05, 4.69) is 20.9 Å². The van der Waals surface area contributed by atoms with Gasteiger partial charge in [-0.05, 0) is 29.8 Å². The number of hydrogen-bond donors (Lipinski definition) is 0. The van der Waals surface area contributed by atoms with Crippen LogP contribution in [0.5, 0.6) is 0 Å². The summed E-state index contributed by atoms with van der Waals surface area (Å²) in [7, 11) is 1.84. The van der Waals surface area contributed by atoms with Crippen LogP contribution < -0.4 is 0 Å². The first-order valence-electron chi connectivity index (χ1n) is 7.52. The number of imidazole rings is 1. The van der Waals surface area contributed by atoms with E-state index < -0.39 is 0 Å². The predicted octanol–water partition coefficient (Wildman–Crippen LogP) is 3.85. The first-order chi connectivity index (χ1) is 11.1. The number of para-hydroxylation sites is 2. The van der Waals surface area contributed by atoms with Crippen LogP contribution >= 0.6 is 15.9 Å². The van der Waals surface area contributed by atoms with Crippen molar-refractivity contribution >= 4 is 32.9 Å². The molecule has 5 heteroatoms. The summed E-state index contributed by atoms with van der Waals surface area (Å²) >= 11 is 3.42. The van der Waals surface area contributed by atoms with Crippen molar-refractivity contribution < 1.29 is 4.79 Å². The predicted molar refractivity (Wildman–Crippen MR) is 95.0 cm³/mol. The molecule has 0 atom stereocenters. The fourth-order valence-corrected chi connectivity index (χ4v) is 2.81. The van der Waals surface area contributed by atoms with Crippen LogP contribution in [-0.2, 0) is 17.9 Å². The van der Waals surface area contributed by atoms with Crippen molar-refractivity contribution in [3.05, 3.63) is 64.9 Å². The van der Waals surface area contributed by atoms with Crippen molar-refractivity contribution in [2.45, 2.75) is 19.5 Å². The molecule has 0 saturated carbocycles. The highest BCUT2D eigenvalue weighted by atomic mass is 79.9. The SMILES string of the molecule is CN(Cc1ccc(Br)cc1)C(=O)CCn1cnc2ccccc21. The normalized spacial score (nSPS) is 10.9. The zero-order valence-corrected chi connectivity index (χ0v) is 14.5. The molecule has 0 bridgehead atoms. The van der Waals surface area contributed by atoms with Crippen LogP contribution in [0.3, 0.4) is 0 Å². The maximum absolute atomic E-state index is 12.3. The second kappa shape index (κ2) is 6.96. The summed E-state index contributed by atoms with van der Waals surface area (Å²) in [5, 5.41) is 0. The third-order valence-corrected chi connectivity index (χ3v) is 4.38. The summed E-state index contributed by atoms with van der Waals surface area (Å²) in [6.45, 7) is 1.26. The van der Waals surface area contributed by atoms with Gasteiger partial charge >= 0.3 is 0 Å². The molecule has 3 aromatic rings. The molecule has 0 aliphatic carbocycles. The highest BCUT2D eigenvalue weighted by molar-refractivity contribution is 9.10. The molecule has 1 heterocycles. The van der Waals surface area contributed by atoms with Gasteiger partial charge in [0.15, 0.2) is 0 Å². The number of carbonyl (C=O) groups excluding carboxylic acids is 1. The van der Waals surface area contributed by atoms with Gasteiger partial charge in [-0.3, -0.25) is 4.79 Å². The van der Waals surface area contributed by atoms with Crippen molar-refractivity contribution in [3.63, 3.8) is 0 Å². The molecule has 0 fully saturated rings. The molecular weight excluding hydrogens is 354 g/mol. The monoisotopic (exact) mass is 371 g/mol. The van der Waals surface area contributed by atoms with Gasteiger partial charge in [-0.2, -0.15) is 0 Å². The number of nitrogens with zero attached hydrogens (tertiary/aromatic N) is 3. The van der Waals surface area contributed by atoms with Crippen LogP contribution in [0, 0.1) is 0 Å². The Bertz CT molecular complexity index is 811. The minimum absolute atomic E-state index is 0.130. The maximum Gasteiger partial charge on any atom is 0.224 e. The average Bonchev–Trinajstić information content (AvgIpc) is 2.98. The van der Waals surface area contributed by atoms with Gasteiger partial charge in [0.2, 0.25) is 5.91 Å². The number of halogens is 1. The molecule has 0 saturated heterocycles. The highest BCUT2D eigenvalue weighted by Gasteiger charge is 2.10. The summed E-state index contributed by atoms with van der Waals surface area (Å²) in [6.07, 6.45) is 2.26. The largest absolute Gasteiger partial charge is 0.341 e. The fraction of sp³-hybridized carbons (Fsp3) is 0.222. The zero-order valence-electron chi connectivity index (χ0n) is 12.9. The number of aromatic nitrogens is 2. The molecule has 118 valence electrons. The standard InChI is InChI=1S/C18H18BrN3O/c1-21(12-14-6-8-15(19)9-7-14)18(23)10-11-22-13-20-16-4-2-3-5-17(16)22/h2-9,13H,10-12H2,1H3. The van der Waals surface area contributed by atoms with Crippen LogP contribution in [0.4, 0.5) is 0 Å². The first-order valence-corrected chi connectivity index (χ1v) is 8.31. The number of carbonyl (C=O) groups is 1. The van der Waals surface area contributed by atoms with Crippen LogP contribution in [0.15, 0.2) is 59.3 Å².